The van der Waals surface area contributed by atoms with Crippen molar-refractivity contribution in [3.05, 3.63) is 76.9 Å². The molecule has 5 aromatic rings. The molecule has 0 atom stereocenters. The van der Waals surface area contributed by atoms with Crippen molar-refractivity contribution in [1.29, 1.82) is 0 Å². The molecule has 0 fully saturated rings. The summed E-state index contributed by atoms with van der Waals surface area (Å²) in [6, 6.07) is 15.8. The van der Waals surface area contributed by atoms with Gasteiger partial charge in [0.25, 0.3) is 0 Å². The Balaban J connectivity index is 1.53. The van der Waals surface area contributed by atoms with Crippen molar-refractivity contribution in [2.45, 2.75) is 13.5 Å². The van der Waals surface area contributed by atoms with E-state index >= 15 is 0 Å². The van der Waals surface area contributed by atoms with E-state index in [1.54, 1.807) is 21.7 Å². The monoisotopic (exact) mass is 434 g/mol. The zero-order chi connectivity index (χ0) is 19.1. The van der Waals surface area contributed by atoms with Crippen molar-refractivity contribution in [3.63, 3.8) is 0 Å². The zero-order valence-electron chi connectivity index (χ0n) is 15.0. The molecule has 0 radical (unpaired) electrons. The second-order valence-electron chi connectivity index (χ2n) is 6.34. The first-order valence-electron chi connectivity index (χ1n) is 8.72. The van der Waals surface area contributed by atoms with Crippen LogP contribution in [0.4, 0.5) is 0 Å². The number of fused-ring (bicyclic) bond motifs is 3. The van der Waals surface area contributed by atoms with Crippen LogP contribution in [0.1, 0.15) is 11.4 Å². The second-order valence-corrected chi connectivity index (χ2v) is 7.19. The van der Waals surface area contributed by atoms with Gasteiger partial charge in [0.1, 0.15) is 18.7 Å². The van der Waals surface area contributed by atoms with Gasteiger partial charge in [0.05, 0.1) is 17.3 Å². The van der Waals surface area contributed by atoms with E-state index in [1.165, 1.54) is 0 Å². The molecule has 0 saturated carbocycles. The average molecular weight is 435 g/mol. The average Bonchev–Trinajstić information content (AvgIpc) is 3.31. The van der Waals surface area contributed by atoms with E-state index in [1.807, 2.05) is 55.5 Å². The van der Waals surface area contributed by atoms with Gasteiger partial charge in [-0.3, -0.25) is 0 Å². The van der Waals surface area contributed by atoms with Crippen LogP contribution in [0.2, 0.25) is 0 Å². The fourth-order valence-corrected chi connectivity index (χ4v) is 3.54. The van der Waals surface area contributed by atoms with E-state index in [9.17, 15) is 0 Å². The highest BCUT2D eigenvalue weighted by molar-refractivity contribution is 9.10. The van der Waals surface area contributed by atoms with Crippen LogP contribution >= 0.6 is 15.9 Å². The first kappa shape index (κ1) is 16.9. The normalized spacial score (nSPS) is 11.4. The van der Waals surface area contributed by atoms with E-state index in [2.05, 4.69) is 36.1 Å². The predicted molar refractivity (Wildman–Crippen MR) is 109 cm³/mol. The van der Waals surface area contributed by atoms with Crippen LogP contribution in [0.15, 0.2) is 65.5 Å². The minimum Gasteiger partial charge on any atom is -0.485 e. The third kappa shape index (κ3) is 2.82. The molecule has 5 rings (SSSR count). The molecule has 0 aliphatic rings. The Morgan fingerprint density at radius 1 is 1.04 bits per heavy atom. The minimum atomic E-state index is 0.284. The van der Waals surface area contributed by atoms with Gasteiger partial charge < -0.3 is 4.74 Å². The maximum absolute atomic E-state index is 5.87. The summed E-state index contributed by atoms with van der Waals surface area (Å²) in [6.07, 6.45) is 3.41. The van der Waals surface area contributed by atoms with Gasteiger partial charge in [-0.05, 0) is 46.6 Å². The molecule has 0 spiro atoms. The van der Waals surface area contributed by atoms with Gasteiger partial charge in [-0.2, -0.15) is 5.10 Å². The van der Waals surface area contributed by atoms with Crippen LogP contribution in [-0.2, 0) is 6.61 Å². The smallest absolute Gasteiger partial charge is 0.189 e. The first-order chi connectivity index (χ1) is 13.7. The molecule has 0 aliphatic heterocycles. The quantitative estimate of drug-likeness (QED) is 0.425. The summed E-state index contributed by atoms with van der Waals surface area (Å²) >= 11 is 3.57. The summed E-state index contributed by atoms with van der Waals surface area (Å²) in [5, 5.41) is 9.81. The Morgan fingerprint density at radius 3 is 2.71 bits per heavy atom. The molecule has 138 valence electrons. The lowest BCUT2D eigenvalue weighted by atomic mass is 10.2. The highest BCUT2D eigenvalue weighted by Crippen LogP contribution is 2.25. The van der Waals surface area contributed by atoms with Gasteiger partial charge in [-0.15, -0.1) is 5.10 Å². The molecule has 8 heteroatoms. The summed E-state index contributed by atoms with van der Waals surface area (Å²) in [5.41, 5.74) is 3.41. The van der Waals surface area contributed by atoms with Gasteiger partial charge in [-0.25, -0.2) is 19.2 Å². The fourth-order valence-electron chi connectivity index (χ4n) is 3.09. The van der Waals surface area contributed by atoms with Crippen LogP contribution in [0.25, 0.3) is 22.4 Å². The third-order valence-electron chi connectivity index (χ3n) is 4.48. The van der Waals surface area contributed by atoms with E-state index in [4.69, 9.17) is 4.74 Å². The Labute approximate surface area is 168 Å². The van der Waals surface area contributed by atoms with Gasteiger partial charge in [0.2, 0.25) is 0 Å². The lowest BCUT2D eigenvalue weighted by Crippen LogP contribution is -2.00. The molecule has 7 nitrogen and oxygen atoms in total. The summed E-state index contributed by atoms with van der Waals surface area (Å²) in [4.78, 5) is 9.17. The lowest BCUT2D eigenvalue weighted by molar-refractivity contribution is 0.294. The maximum atomic E-state index is 5.87. The third-order valence-corrected chi connectivity index (χ3v) is 5.15. The SMILES string of the molecule is Cc1ccccc1OCc1nc2c3cnn(-c4ccccc4Br)c3ncn2n1. The van der Waals surface area contributed by atoms with Gasteiger partial charge >= 0.3 is 0 Å². The highest BCUT2D eigenvalue weighted by Gasteiger charge is 2.15. The van der Waals surface area contributed by atoms with Gasteiger partial charge in [0, 0.05) is 4.47 Å². The standard InChI is InChI=1S/C20H15BrN6O/c1-13-6-2-5-9-17(13)28-11-18-24-20-14-10-23-27(16-8-4-3-7-15(16)21)19(14)22-12-26(20)25-18/h2-10,12H,11H2,1H3. The van der Waals surface area contributed by atoms with E-state index in [-0.39, 0.29) is 6.61 Å². The van der Waals surface area contributed by atoms with Crippen LogP contribution in [0.3, 0.4) is 0 Å². The Morgan fingerprint density at radius 2 is 1.86 bits per heavy atom. The number of hydrogen-bond donors (Lipinski definition) is 0. The molecule has 2 aromatic carbocycles. The number of hydrogen-bond acceptors (Lipinski definition) is 5. The largest absolute Gasteiger partial charge is 0.485 e. The minimum absolute atomic E-state index is 0.284. The number of aryl methyl sites for hydroxylation is 1. The molecule has 0 saturated heterocycles. The molecular weight excluding hydrogens is 420 g/mol. The van der Waals surface area contributed by atoms with Crippen molar-refractivity contribution in [2.75, 3.05) is 0 Å². The molecule has 3 aromatic heterocycles. The summed E-state index contributed by atoms with van der Waals surface area (Å²) in [7, 11) is 0. The molecule has 28 heavy (non-hydrogen) atoms. The fraction of sp³-hybridized carbons (Fsp3) is 0.100. The van der Waals surface area contributed by atoms with Crippen LogP contribution in [0.5, 0.6) is 5.75 Å². The Kier molecular flexibility index (Phi) is 4.05. The Hall–Kier alpha value is -3.26. The van der Waals surface area contributed by atoms with Gasteiger partial charge in [0.15, 0.2) is 17.1 Å². The Bertz CT molecular complexity index is 1310. The number of nitrogens with zero attached hydrogens (tertiary/aromatic N) is 6. The van der Waals surface area contributed by atoms with Crippen molar-refractivity contribution in [3.8, 4) is 11.4 Å². The molecule has 0 bridgehead atoms. The van der Waals surface area contributed by atoms with Gasteiger partial charge in [-0.1, -0.05) is 30.3 Å². The number of para-hydroxylation sites is 2. The molecule has 0 aliphatic carbocycles. The maximum Gasteiger partial charge on any atom is 0.189 e. The van der Waals surface area contributed by atoms with Crippen LogP contribution in [0, 0.1) is 6.92 Å². The number of rotatable bonds is 4. The molecular formula is C20H15BrN6O. The topological polar surface area (TPSA) is 70.1 Å². The van der Waals surface area contributed by atoms with Crippen molar-refractivity contribution in [1.82, 2.24) is 29.4 Å². The van der Waals surface area contributed by atoms with Crippen molar-refractivity contribution >= 4 is 32.6 Å². The second kappa shape index (κ2) is 6.72. The molecule has 0 unspecified atom stereocenters. The number of ether oxygens (including phenoxy) is 1. The van der Waals surface area contributed by atoms with E-state index in [0.717, 1.165) is 32.5 Å². The van der Waals surface area contributed by atoms with E-state index in [0.29, 0.717) is 11.5 Å². The number of halogens is 1. The highest BCUT2D eigenvalue weighted by atomic mass is 79.9. The predicted octanol–water partition coefficient (Wildman–Crippen LogP) is 4.11. The summed E-state index contributed by atoms with van der Waals surface area (Å²) in [5.74, 6) is 1.41. The molecule has 3 heterocycles. The lowest BCUT2D eigenvalue weighted by Gasteiger charge is -2.05. The molecule has 0 N–H and O–H groups in total. The van der Waals surface area contributed by atoms with Crippen LogP contribution < -0.4 is 4.74 Å². The summed E-state index contributed by atoms with van der Waals surface area (Å²) in [6.45, 7) is 2.29. The molecule has 0 amide bonds. The summed E-state index contributed by atoms with van der Waals surface area (Å²) < 4.78 is 10.3. The number of benzene rings is 2. The van der Waals surface area contributed by atoms with Crippen LogP contribution in [-0.4, -0.2) is 29.4 Å². The van der Waals surface area contributed by atoms with E-state index < -0.39 is 0 Å². The van der Waals surface area contributed by atoms with Crippen molar-refractivity contribution < 1.29 is 4.74 Å². The number of aromatic nitrogens is 6. The zero-order valence-corrected chi connectivity index (χ0v) is 16.5. The first-order valence-corrected chi connectivity index (χ1v) is 9.51. The van der Waals surface area contributed by atoms with Crippen molar-refractivity contribution in [2.24, 2.45) is 0 Å².